The van der Waals surface area contributed by atoms with Crippen molar-refractivity contribution in [2.75, 3.05) is 0 Å². The molecule has 29 heavy (non-hydrogen) atoms. The normalized spacial score (nSPS) is 37.2. The van der Waals surface area contributed by atoms with E-state index in [4.69, 9.17) is 0 Å². The number of fused-ring (bicyclic) bond motifs is 1. The highest BCUT2D eigenvalue weighted by Gasteiger charge is 2.50. The molecule has 1 unspecified atom stereocenters. The molecule has 0 aliphatic heterocycles. The van der Waals surface area contributed by atoms with Crippen molar-refractivity contribution in [1.82, 2.24) is 0 Å². The summed E-state index contributed by atoms with van der Waals surface area (Å²) in [6.07, 6.45) is 16.9. The van der Waals surface area contributed by atoms with Crippen molar-refractivity contribution in [1.29, 1.82) is 0 Å². The molecule has 0 bridgehead atoms. The molecule has 5 atom stereocenters. The molecular formula is C27H44O2. The van der Waals surface area contributed by atoms with Gasteiger partial charge in [-0.1, -0.05) is 56.6 Å². The number of hydrogen-bond acceptors (Lipinski definition) is 2. The van der Waals surface area contributed by atoms with Gasteiger partial charge < -0.3 is 10.2 Å². The van der Waals surface area contributed by atoms with Crippen LogP contribution in [0.2, 0.25) is 0 Å². The maximum absolute atomic E-state index is 10.0. The second kappa shape index (κ2) is 9.10. The Kier molecular flexibility index (Phi) is 7.16. The van der Waals surface area contributed by atoms with Gasteiger partial charge in [-0.2, -0.15) is 0 Å². The second-order valence-electron chi connectivity index (χ2n) is 11.2. The molecule has 0 amide bonds. The van der Waals surface area contributed by atoms with Crippen LogP contribution in [0.4, 0.5) is 0 Å². The first kappa shape index (κ1) is 22.8. The minimum atomic E-state index is -0.535. The van der Waals surface area contributed by atoms with Gasteiger partial charge in [-0.15, -0.1) is 0 Å². The van der Waals surface area contributed by atoms with Crippen LogP contribution in [0.3, 0.4) is 0 Å². The van der Waals surface area contributed by atoms with Gasteiger partial charge in [0.2, 0.25) is 0 Å². The third-order valence-corrected chi connectivity index (χ3v) is 8.36. The summed E-state index contributed by atoms with van der Waals surface area (Å²) in [4.78, 5) is 0. The predicted octanol–water partition coefficient (Wildman–Crippen LogP) is 6.73. The number of hydrogen-bond donors (Lipinski definition) is 2. The lowest BCUT2D eigenvalue weighted by molar-refractivity contribution is 0.0596. The van der Waals surface area contributed by atoms with E-state index in [-0.39, 0.29) is 6.10 Å². The van der Waals surface area contributed by atoms with E-state index in [0.29, 0.717) is 5.41 Å². The maximum atomic E-state index is 10.0. The third kappa shape index (κ3) is 5.44. The minimum Gasteiger partial charge on any atom is -0.393 e. The summed E-state index contributed by atoms with van der Waals surface area (Å²) in [6, 6.07) is 0. The highest BCUT2D eigenvalue weighted by Crippen LogP contribution is 2.60. The molecule has 2 nitrogen and oxygen atoms in total. The second-order valence-corrected chi connectivity index (χ2v) is 11.2. The van der Waals surface area contributed by atoms with E-state index in [2.05, 4.69) is 32.6 Å². The first-order chi connectivity index (χ1) is 13.6. The number of aliphatic hydroxyl groups excluding tert-OH is 1. The molecule has 3 fully saturated rings. The lowest BCUT2D eigenvalue weighted by Gasteiger charge is -2.44. The molecule has 0 aromatic carbocycles. The predicted molar refractivity (Wildman–Crippen MR) is 123 cm³/mol. The van der Waals surface area contributed by atoms with Gasteiger partial charge in [-0.05, 0) is 100 Å². The summed E-state index contributed by atoms with van der Waals surface area (Å²) in [5.74, 6) is 2.26. The van der Waals surface area contributed by atoms with Gasteiger partial charge in [-0.3, -0.25) is 0 Å². The Morgan fingerprint density at radius 3 is 2.69 bits per heavy atom. The average Bonchev–Trinajstić information content (AvgIpc) is 2.99. The Morgan fingerprint density at radius 2 is 1.97 bits per heavy atom. The monoisotopic (exact) mass is 400 g/mol. The maximum Gasteiger partial charge on any atom is 0.0591 e. The Balaban J connectivity index is 1.68. The van der Waals surface area contributed by atoms with Crippen molar-refractivity contribution in [3.05, 3.63) is 35.5 Å². The van der Waals surface area contributed by atoms with E-state index in [9.17, 15) is 10.2 Å². The Morgan fingerprint density at radius 1 is 1.21 bits per heavy atom. The lowest BCUT2D eigenvalue weighted by Crippen LogP contribution is -2.36. The smallest absolute Gasteiger partial charge is 0.0591 e. The van der Waals surface area contributed by atoms with Crippen molar-refractivity contribution in [2.24, 2.45) is 23.2 Å². The first-order valence-corrected chi connectivity index (χ1v) is 12.1. The molecule has 3 rings (SSSR count). The van der Waals surface area contributed by atoms with Crippen LogP contribution in [0.25, 0.3) is 0 Å². The molecular weight excluding hydrogens is 356 g/mol. The molecule has 2 N–H and O–H groups in total. The zero-order valence-corrected chi connectivity index (χ0v) is 19.3. The fraction of sp³-hybridized carbons (Fsp3) is 0.778. The molecule has 2 heteroatoms. The van der Waals surface area contributed by atoms with Crippen LogP contribution in [0, 0.1) is 23.2 Å². The van der Waals surface area contributed by atoms with Crippen LogP contribution < -0.4 is 0 Å². The molecule has 0 radical (unpaired) electrons. The van der Waals surface area contributed by atoms with Gasteiger partial charge in [0.25, 0.3) is 0 Å². The molecule has 3 aliphatic rings. The third-order valence-electron chi connectivity index (χ3n) is 8.36. The van der Waals surface area contributed by atoms with E-state index in [1.54, 1.807) is 5.57 Å². The zero-order chi connectivity index (χ0) is 21.2. The van der Waals surface area contributed by atoms with Gasteiger partial charge in [-0.25, -0.2) is 0 Å². The summed E-state index contributed by atoms with van der Waals surface area (Å²) >= 11 is 0. The molecule has 0 aromatic heterocycles. The number of allylic oxidation sites excluding steroid dienone is 4. The van der Waals surface area contributed by atoms with E-state index < -0.39 is 5.60 Å². The van der Waals surface area contributed by atoms with Gasteiger partial charge >= 0.3 is 0 Å². The van der Waals surface area contributed by atoms with Crippen LogP contribution in [-0.4, -0.2) is 21.9 Å². The van der Waals surface area contributed by atoms with E-state index in [1.165, 1.54) is 49.7 Å². The molecule has 0 saturated heterocycles. The van der Waals surface area contributed by atoms with Crippen LogP contribution in [-0.2, 0) is 0 Å². The van der Waals surface area contributed by atoms with Crippen LogP contribution in [0.5, 0.6) is 0 Å². The fourth-order valence-corrected chi connectivity index (χ4v) is 6.67. The Hall–Kier alpha value is -0.860. The van der Waals surface area contributed by atoms with Crippen LogP contribution >= 0.6 is 0 Å². The zero-order valence-electron chi connectivity index (χ0n) is 19.3. The summed E-state index contributed by atoms with van der Waals surface area (Å²) < 4.78 is 0. The van der Waals surface area contributed by atoms with Gasteiger partial charge in [0.15, 0.2) is 0 Å². The summed E-state index contributed by atoms with van der Waals surface area (Å²) in [7, 11) is 0. The van der Waals surface area contributed by atoms with Crippen molar-refractivity contribution >= 4 is 0 Å². The summed E-state index contributed by atoms with van der Waals surface area (Å²) in [5.41, 5.74) is 4.02. The molecule has 164 valence electrons. The standard InChI is InChI=1S/C27H44O2/c1-19-10-13-23(28)18-22(19)12-11-21-9-7-17-27(5)24(14-15-25(21)27)20(2)8-6-16-26(3,4)29/h11-12,20,23-25,28-29H,1,6-10,13-18H2,2-5H3/t20-,23+,24-,25+,27?/m1/s1. The minimum absolute atomic E-state index is 0.192. The molecule has 0 heterocycles. The van der Waals surface area contributed by atoms with Gasteiger partial charge in [0.05, 0.1) is 11.7 Å². The van der Waals surface area contributed by atoms with E-state index in [1.807, 2.05) is 13.8 Å². The van der Waals surface area contributed by atoms with Gasteiger partial charge in [0, 0.05) is 0 Å². The topological polar surface area (TPSA) is 40.5 Å². The number of rotatable bonds is 6. The summed E-state index contributed by atoms with van der Waals surface area (Å²) in [6.45, 7) is 13.1. The molecule has 0 spiro atoms. The van der Waals surface area contributed by atoms with E-state index in [0.717, 1.165) is 49.9 Å². The van der Waals surface area contributed by atoms with Crippen molar-refractivity contribution in [2.45, 2.75) is 110 Å². The SMILES string of the molecule is C=C1CC[C@H](O)CC1=CC=C1CCCC2(C)[C@@H]([C@H](C)CCCC(C)(C)O)CC[C@@H]12. The first-order valence-electron chi connectivity index (χ1n) is 12.1. The molecule has 0 aromatic rings. The van der Waals surface area contributed by atoms with Crippen molar-refractivity contribution in [3.8, 4) is 0 Å². The van der Waals surface area contributed by atoms with Crippen LogP contribution in [0.1, 0.15) is 98.3 Å². The van der Waals surface area contributed by atoms with Crippen molar-refractivity contribution in [3.63, 3.8) is 0 Å². The molecule has 3 saturated carbocycles. The number of aliphatic hydroxyl groups is 2. The quantitative estimate of drug-likeness (QED) is 0.518. The van der Waals surface area contributed by atoms with E-state index >= 15 is 0 Å². The lowest BCUT2D eigenvalue weighted by atomic mass is 9.60. The Bertz CT molecular complexity index is 650. The van der Waals surface area contributed by atoms with Crippen molar-refractivity contribution < 1.29 is 10.2 Å². The van der Waals surface area contributed by atoms with Crippen LogP contribution in [0.15, 0.2) is 35.5 Å². The fourth-order valence-electron chi connectivity index (χ4n) is 6.67. The van der Waals surface area contributed by atoms with Gasteiger partial charge in [0.1, 0.15) is 0 Å². The largest absolute Gasteiger partial charge is 0.393 e. The summed E-state index contributed by atoms with van der Waals surface area (Å²) in [5, 5.41) is 20.1. The highest BCUT2D eigenvalue weighted by atomic mass is 16.3. The highest BCUT2D eigenvalue weighted by molar-refractivity contribution is 5.36. The average molecular weight is 401 g/mol. The Labute approximate surface area is 179 Å². The molecule has 3 aliphatic carbocycles.